The highest BCUT2D eigenvalue weighted by Crippen LogP contribution is 2.28. The highest BCUT2D eigenvalue weighted by atomic mass is 35.5. The van der Waals surface area contributed by atoms with E-state index in [1.807, 2.05) is 0 Å². The maximum absolute atomic E-state index is 12.8. The van der Waals surface area contributed by atoms with Crippen molar-refractivity contribution in [1.29, 1.82) is 0 Å². The first-order chi connectivity index (χ1) is 11.0. The van der Waals surface area contributed by atoms with Gasteiger partial charge in [-0.05, 0) is 25.1 Å². The lowest BCUT2D eigenvalue weighted by Gasteiger charge is -2.21. The average Bonchev–Trinajstić information content (AvgIpc) is 2.54. The summed E-state index contributed by atoms with van der Waals surface area (Å²) in [6.07, 6.45) is 1.32. The predicted molar refractivity (Wildman–Crippen MR) is 86.6 cm³/mol. The fourth-order valence-corrected chi connectivity index (χ4v) is 2.44. The number of rotatable bonds is 5. The number of methoxy groups -OCH3 is 1. The molecule has 1 N–H and O–H groups in total. The maximum atomic E-state index is 12.8. The molecule has 6 nitrogen and oxygen atoms in total. The van der Waals surface area contributed by atoms with Crippen molar-refractivity contribution in [2.75, 3.05) is 20.2 Å². The second-order valence-electron chi connectivity index (χ2n) is 4.89. The second-order valence-corrected chi connectivity index (χ2v) is 5.33. The van der Waals surface area contributed by atoms with Gasteiger partial charge in [-0.15, -0.1) is 0 Å². The van der Waals surface area contributed by atoms with Gasteiger partial charge in [0, 0.05) is 23.5 Å². The number of esters is 1. The number of nitrogens with zero attached hydrogens (tertiary/aromatic N) is 2. The second kappa shape index (κ2) is 7.28. The van der Waals surface area contributed by atoms with Gasteiger partial charge in [-0.1, -0.05) is 11.6 Å². The summed E-state index contributed by atoms with van der Waals surface area (Å²) in [5, 5.41) is 11.0. The number of ether oxygens (including phenoxy) is 1. The molecule has 2 rings (SSSR count). The molecular weight excluding hydrogens is 320 g/mol. The number of carbonyl (C=O) groups is 2. The minimum Gasteiger partial charge on any atom is -0.505 e. The van der Waals surface area contributed by atoms with Crippen LogP contribution in [0.3, 0.4) is 0 Å². The number of amides is 1. The number of carbonyl (C=O) groups excluding carboxylic acids is 2. The molecule has 1 heterocycles. The van der Waals surface area contributed by atoms with Crippen LogP contribution in [0.25, 0.3) is 10.9 Å². The Morgan fingerprint density at radius 1 is 1.39 bits per heavy atom. The van der Waals surface area contributed by atoms with E-state index in [0.717, 1.165) is 0 Å². The molecule has 1 amide bonds. The molecule has 0 bridgehead atoms. The van der Waals surface area contributed by atoms with Gasteiger partial charge in [-0.3, -0.25) is 14.6 Å². The summed E-state index contributed by atoms with van der Waals surface area (Å²) >= 11 is 5.99. The summed E-state index contributed by atoms with van der Waals surface area (Å²) in [5.74, 6) is -1.01. The van der Waals surface area contributed by atoms with Crippen molar-refractivity contribution < 1.29 is 19.4 Å². The Labute approximate surface area is 138 Å². The lowest BCUT2D eigenvalue weighted by molar-refractivity contribution is -0.140. The first-order valence-corrected chi connectivity index (χ1v) is 7.49. The molecule has 1 aromatic carbocycles. The van der Waals surface area contributed by atoms with E-state index in [9.17, 15) is 14.7 Å². The molecule has 0 atom stereocenters. The van der Waals surface area contributed by atoms with Crippen LogP contribution in [-0.2, 0) is 9.53 Å². The molecule has 0 aliphatic heterocycles. The molecule has 2 aromatic rings. The molecule has 0 saturated heterocycles. The molecule has 0 radical (unpaired) electrons. The first kappa shape index (κ1) is 17.0. The van der Waals surface area contributed by atoms with Crippen molar-refractivity contribution >= 4 is 34.4 Å². The van der Waals surface area contributed by atoms with Crippen molar-refractivity contribution in [3.8, 4) is 5.75 Å². The monoisotopic (exact) mass is 336 g/mol. The first-order valence-electron chi connectivity index (χ1n) is 7.11. The van der Waals surface area contributed by atoms with E-state index in [1.54, 1.807) is 25.1 Å². The molecule has 23 heavy (non-hydrogen) atoms. The summed E-state index contributed by atoms with van der Waals surface area (Å²) in [6.45, 7) is 2.38. The van der Waals surface area contributed by atoms with E-state index in [2.05, 4.69) is 9.72 Å². The number of benzene rings is 1. The minimum atomic E-state index is -0.400. The largest absolute Gasteiger partial charge is 0.505 e. The van der Waals surface area contributed by atoms with Crippen molar-refractivity contribution in [1.82, 2.24) is 9.88 Å². The Kier molecular flexibility index (Phi) is 5.39. The zero-order chi connectivity index (χ0) is 17.0. The number of fused-ring (bicyclic) bond motifs is 1. The molecule has 0 aliphatic rings. The smallest absolute Gasteiger partial charge is 0.307 e. The average molecular weight is 337 g/mol. The van der Waals surface area contributed by atoms with E-state index < -0.39 is 5.97 Å². The van der Waals surface area contributed by atoms with Crippen LogP contribution in [0.4, 0.5) is 0 Å². The third-order valence-corrected chi connectivity index (χ3v) is 3.74. The molecule has 122 valence electrons. The molecule has 0 aliphatic carbocycles. The number of halogens is 1. The predicted octanol–water partition coefficient (Wildman–Crippen LogP) is 2.62. The van der Waals surface area contributed by atoms with Crippen LogP contribution < -0.4 is 0 Å². The Bertz CT molecular complexity index is 743. The number of hydrogen-bond acceptors (Lipinski definition) is 5. The van der Waals surface area contributed by atoms with Crippen LogP contribution in [-0.4, -0.2) is 47.1 Å². The fraction of sp³-hybridized carbons (Fsp3) is 0.312. The molecule has 1 aromatic heterocycles. The van der Waals surface area contributed by atoms with Gasteiger partial charge in [0.2, 0.25) is 0 Å². The molecule has 0 fully saturated rings. The Morgan fingerprint density at radius 3 is 2.78 bits per heavy atom. The summed E-state index contributed by atoms with van der Waals surface area (Å²) in [4.78, 5) is 29.6. The Hall–Kier alpha value is -2.34. The van der Waals surface area contributed by atoms with Crippen molar-refractivity contribution in [3.05, 3.63) is 35.0 Å². The molecular formula is C16H17ClN2O4. The Morgan fingerprint density at radius 2 is 2.13 bits per heavy atom. The lowest BCUT2D eigenvalue weighted by Crippen LogP contribution is -2.33. The number of hydrogen-bond donors (Lipinski definition) is 1. The van der Waals surface area contributed by atoms with Crippen LogP contribution in [0, 0.1) is 0 Å². The highest BCUT2D eigenvalue weighted by molar-refractivity contribution is 6.31. The molecule has 0 spiro atoms. The van der Waals surface area contributed by atoms with E-state index in [0.29, 0.717) is 22.5 Å². The van der Waals surface area contributed by atoms with Gasteiger partial charge in [-0.2, -0.15) is 0 Å². The van der Waals surface area contributed by atoms with E-state index >= 15 is 0 Å². The van der Waals surface area contributed by atoms with E-state index in [4.69, 9.17) is 11.6 Å². The number of aromatic hydroxyl groups is 1. The van der Waals surface area contributed by atoms with Crippen molar-refractivity contribution in [2.24, 2.45) is 0 Å². The SMILES string of the molecule is CCN(CCC(=O)OC)C(=O)c1c(O)cnc2ccc(Cl)cc12. The summed E-state index contributed by atoms with van der Waals surface area (Å²) in [5.41, 5.74) is 0.684. The third-order valence-electron chi connectivity index (χ3n) is 3.51. The summed E-state index contributed by atoms with van der Waals surface area (Å²) in [7, 11) is 1.30. The van der Waals surface area contributed by atoms with Gasteiger partial charge >= 0.3 is 5.97 Å². The zero-order valence-electron chi connectivity index (χ0n) is 12.9. The van der Waals surface area contributed by atoms with Gasteiger partial charge in [0.25, 0.3) is 5.91 Å². The maximum Gasteiger partial charge on any atom is 0.307 e. The van der Waals surface area contributed by atoms with Gasteiger partial charge in [0.05, 0.1) is 30.8 Å². The number of pyridine rings is 1. The fourth-order valence-electron chi connectivity index (χ4n) is 2.27. The molecule has 0 saturated carbocycles. The topological polar surface area (TPSA) is 79.7 Å². The highest BCUT2D eigenvalue weighted by Gasteiger charge is 2.22. The van der Waals surface area contributed by atoms with Crippen molar-refractivity contribution in [3.63, 3.8) is 0 Å². The summed E-state index contributed by atoms with van der Waals surface area (Å²) in [6, 6.07) is 4.93. The minimum absolute atomic E-state index is 0.0839. The molecule has 0 unspecified atom stereocenters. The third kappa shape index (κ3) is 3.71. The lowest BCUT2D eigenvalue weighted by atomic mass is 10.1. The van der Waals surface area contributed by atoms with E-state index in [1.165, 1.54) is 18.2 Å². The standard InChI is InChI=1S/C16H17ClN2O4/c1-3-19(7-6-14(21)23-2)16(22)15-11-8-10(17)4-5-12(11)18-9-13(15)20/h4-5,8-9,20H,3,6-7H2,1-2H3. The van der Waals surface area contributed by atoms with Gasteiger partial charge in [0.15, 0.2) is 0 Å². The zero-order valence-corrected chi connectivity index (χ0v) is 13.6. The van der Waals surface area contributed by atoms with Crippen LogP contribution in [0.1, 0.15) is 23.7 Å². The van der Waals surface area contributed by atoms with Crippen LogP contribution in [0.5, 0.6) is 5.75 Å². The number of aromatic nitrogens is 1. The van der Waals surface area contributed by atoms with Crippen LogP contribution in [0.15, 0.2) is 24.4 Å². The summed E-state index contributed by atoms with van der Waals surface area (Å²) < 4.78 is 4.59. The van der Waals surface area contributed by atoms with Crippen LogP contribution in [0.2, 0.25) is 5.02 Å². The van der Waals surface area contributed by atoms with Gasteiger partial charge < -0.3 is 14.7 Å². The quantitative estimate of drug-likeness (QED) is 0.849. The van der Waals surface area contributed by atoms with E-state index in [-0.39, 0.29) is 30.2 Å². The molecule has 7 heteroatoms. The Balaban J connectivity index is 2.40. The van der Waals surface area contributed by atoms with Crippen LogP contribution >= 0.6 is 11.6 Å². The van der Waals surface area contributed by atoms with Gasteiger partial charge in [-0.25, -0.2) is 0 Å². The van der Waals surface area contributed by atoms with Gasteiger partial charge in [0.1, 0.15) is 5.75 Å². The normalized spacial score (nSPS) is 10.6. The van der Waals surface area contributed by atoms with Crippen molar-refractivity contribution in [2.45, 2.75) is 13.3 Å².